The highest BCUT2D eigenvalue weighted by atomic mass is 32.2. The van der Waals surface area contributed by atoms with E-state index in [1.807, 2.05) is 66.4 Å². The van der Waals surface area contributed by atoms with Crippen LogP contribution in [0.25, 0.3) is 10.8 Å². The Labute approximate surface area is 241 Å². The highest BCUT2D eigenvalue weighted by Crippen LogP contribution is 2.21. The van der Waals surface area contributed by atoms with Crippen molar-refractivity contribution >= 4 is 28.4 Å². The Balaban J connectivity index is 1.21. The molecule has 5 aromatic carbocycles. The van der Waals surface area contributed by atoms with Crippen LogP contribution in [0.5, 0.6) is 5.75 Å². The van der Waals surface area contributed by atoms with Crippen molar-refractivity contribution in [1.82, 2.24) is 10.2 Å². The van der Waals surface area contributed by atoms with Gasteiger partial charge in [-0.05, 0) is 57.8 Å². The third-order valence-electron chi connectivity index (χ3n) is 6.88. The van der Waals surface area contributed by atoms with Crippen LogP contribution in [0.15, 0.2) is 126 Å². The van der Waals surface area contributed by atoms with E-state index < -0.39 is 0 Å². The van der Waals surface area contributed by atoms with E-state index in [9.17, 15) is 4.79 Å². The fourth-order valence-corrected chi connectivity index (χ4v) is 5.71. The van der Waals surface area contributed by atoms with Crippen LogP contribution in [-0.4, -0.2) is 30.2 Å². The maximum Gasteiger partial charge on any atom is 0.252 e. The molecular weight excluding hydrogens is 512 g/mol. The van der Waals surface area contributed by atoms with Gasteiger partial charge in [0.2, 0.25) is 0 Å². The molecule has 5 aromatic rings. The fraction of sp³-hybridized carbons (Fsp3) is 0.171. The normalized spacial score (nSPS) is 11.1. The molecule has 0 unspecified atom stereocenters. The number of ether oxygens (including phenoxy) is 1. The van der Waals surface area contributed by atoms with Crippen LogP contribution in [0.3, 0.4) is 0 Å². The molecule has 4 nitrogen and oxygen atoms in total. The van der Waals surface area contributed by atoms with Crippen LogP contribution < -0.4 is 10.1 Å². The molecule has 0 aliphatic carbocycles. The second-order valence-corrected chi connectivity index (χ2v) is 10.9. The number of carbonyl (C=O) groups excluding carboxylic acids is 1. The van der Waals surface area contributed by atoms with Gasteiger partial charge in [0.25, 0.3) is 5.91 Å². The molecule has 0 aliphatic heterocycles. The number of hydrogen-bond donors (Lipinski definition) is 1. The van der Waals surface area contributed by atoms with Crippen LogP contribution in [0.4, 0.5) is 0 Å². The van der Waals surface area contributed by atoms with Gasteiger partial charge < -0.3 is 10.1 Å². The van der Waals surface area contributed by atoms with E-state index in [1.165, 1.54) is 16.0 Å². The molecule has 0 saturated heterocycles. The Morgan fingerprint density at radius 3 is 2.27 bits per heavy atom. The third kappa shape index (κ3) is 7.53. The van der Waals surface area contributed by atoms with Gasteiger partial charge in [-0.2, -0.15) is 0 Å². The topological polar surface area (TPSA) is 41.6 Å². The molecule has 202 valence electrons. The number of nitrogens with zero attached hydrogens (tertiary/aromatic N) is 1. The van der Waals surface area contributed by atoms with Gasteiger partial charge in [0.05, 0.1) is 7.11 Å². The number of hydrogen-bond acceptors (Lipinski definition) is 4. The number of thioether (sulfide) groups is 1. The summed E-state index contributed by atoms with van der Waals surface area (Å²) in [5, 5.41) is 5.13. The Kier molecular flexibility index (Phi) is 9.51. The number of nitrogens with one attached hydrogen (secondary N) is 1. The van der Waals surface area contributed by atoms with Crippen LogP contribution >= 0.6 is 11.8 Å². The first kappa shape index (κ1) is 27.5. The number of fused-ring (bicyclic) bond motifs is 1. The Hall–Kier alpha value is -4.06. The quantitative estimate of drug-likeness (QED) is 0.164. The summed E-state index contributed by atoms with van der Waals surface area (Å²) in [4.78, 5) is 16.7. The minimum Gasteiger partial charge on any atom is -0.497 e. The van der Waals surface area contributed by atoms with Gasteiger partial charge in [-0.1, -0.05) is 91.0 Å². The molecule has 40 heavy (non-hydrogen) atoms. The average molecular weight is 547 g/mol. The van der Waals surface area contributed by atoms with Crippen molar-refractivity contribution in [3.05, 3.63) is 144 Å². The van der Waals surface area contributed by atoms with E-state index in [0.717, 1.165) is 47.5 Å². The summed E-state index contributed by atoms with van der Waals surface area (Å²) >= 11 is 1.88. The van der Waals surface area contributed by atoms with Gasteiger partial charge in [-0.15, -0.1) is 11.8 Å². The fourth-order valence-electron chi connectivity index (χ4n) is 4.77. The predicted molar refractivity (Wildman–Crippen MR) is 166 cm³/mol. The molecule has 0 fully saturated rings. The minimum atomic E-state index is -0.0544. The molecule has 0 atom stereocenters. The second kappa shape index (κ2) is 13.8. The highest BCUT2D eigenvalue weighted by Gasteiger charge is 2.11. The SMILES string of the molecule is COc1cccc(CN(CCSc2ccccc2)Cc2ccc(CNC(=O)c3cccc4ccccc34)cc2)c1. The van der Waals surface area contributed by atoms with E-state index in [-0.39, 0.29) is 5.91 Å². The van der Waals surface area contributed by atoms with Gasteiger partial charge in [0.1, 0.15) is 5.75 Å². The van der Waals surface area contributed by atoms with Crippen molar-refractivity contribution < 1.29 is 9.53 Å². The molecule has 5 heteroatoms. The number of amides is 1. The van der Waals surface area contributed by atoms with Crippen LogP contribution in [0.2, 0.25) is 0 Å². The van der Waals surface area contributed by atoms with Gasteiger partial charge in [0.15, 0.2) is 0 Å². The number of benzene rings is 5. The summed E-state index contributed by atoms with van der Waals surface area (Å²) < 4.78 is 5.44. The molecule has 0 saturated carbocycles. The molecule has 0 bridgehead atoms. The molecule has 1 N–H and O–H groups in total. The van der Waals surface area contributed by atoms with Crippen molar-refractivity contribution in [3.8, 4) is 5.75 Å². The molecule has 0 aromatic heterocycles. The molecule has 0 aliphatic rings. The van der Waals surface area contributed by atoms with Gasteiger partial charge in [-0.25, -0.2) is 0 Å². The summed E-state index contributed by atoms with van der Waals surface area (Å²) in [6.07, 6.45) is 0. The van der Waals surface area contributed by atoms with E-state index in [1.54, 1.807) is 7.11 Å². The molecule has 5 rings (SSSR count). The van der Waals surface area contributed by atoms with E-state index in [0.29, 0.717) is 12.1 Å². The molecule has 1 amide bonds. The first-order valence-corrected chi connectivity index (χ1v) is 14.5. The van der Waals surface area contributed by atoms with Crippen molar-refractivity contribution in [2.24, 2.45) is 0 Å². The third-order valence-corrected chi connectivity index (χ3v) is 7.87. The molecule has 0 heterocycles. The Morgan fingerprint density at radius 1 is 0.750 bits per heavy atom. The summed E-state index contributed by atoms with van der Waals surface area (Å²) in [7, 11) is 1.71. The molecule has 0 radical (unpaired) electrons. The van der Waals surface area contributed by atoms with E-state index in [4.69, 9.17) is 4.74 Å². The highest BCUT2D eigenvalue weighted by molar-refractivity contribution is 7.99. The zero-order valence-electron chi connectivity index (χ0n) is 22.8. The Bertz CT molecular complexity index is 1530. The zero-order chi connectivity index (χ0) is 27.6. The van der Waals surface area contributed by atoms with E-state index in [2.05, 4.69) is 76.9 Å². The lowest BCUT2D eigenvalue weighted by atomic mass is 10.0. The molecular formula is C35H34N2O2S. The minimum absolute atomic E-state index is 0.0544. The Morgan fingerprint density at radius 2 is 1.45 bits per heavy atom. The van der Waals surface area contributed by atoms with Crippen molar-refractivity contribution in [1.29, 1.82) is 0 Å². The second-order valence-electron chi connectivity index (χ2n) is 9.75. The standard InChI is InChI=1S/C35H34N2O2S/c1-39-31-12-7-9-29(23-31)26-37(21-22-40-32-13-3-2-4-14-32)25-28-19-17-27(18-20-28)24-36-35(38)34-16-8-11-30-10-5-6-15-33(30)34/h2-20,23H,21-22,24-26H2,1H3,(H,36,38). The van der Waals surface area contributed by atoms with Crippen molar-refractivity contribution in [2.45, 2.75) is 24.5 Å². The first-order chi connectivity index (χ1) is 19.7. The smallest absolute Gasteiger partial charge is 0.252 e. The maximum atomic E-state index is 12.9. The van der Waals surface area contributed by atoms with Crippen molar-refractivity contribution in [2.75, 3.05) is 19.4 Å². The molecule has 0 spiro atoms. The van der Waals surface area contributed by atoms with Crippen LogP contribution in [0.1, 0.15) is 27.0 Å². The predicted octanol–water partition coefficient (Wildman–Crippen LogP) is 7.57. The van der Waals surface area contributed by atoms with Gasteiger partial charge in [-0.3, -0.25) is 9.69 Å². The van der Waals surface area contributed by atoms with Crippen LogP contribution in [-0.2, 0) is 19.6 Å². The maximum absolute atomic E-state index is 12.9. The lowest BCUT2D eigenvalue weighted by Crippen LogP contribution is -2.25. The summed E-state index contributed by atoms with van der Waals surface area (Å²) in [5.74, 6) is 1.83. The largest absolute Gasteiger partial charge is 0.497 e. The number of carbonyl (C=O) groups is 1. The van der Waals surface area contributed by atoms with Gasteiger partial charge in [0, 0.05) is 42.4 Å². The van der Waals surface area contributed by atoms with E-state index >= 15 is 0 Å². The van der Waals surface area contributed by atoms with Crippen molar-refractivity contribution in [3.63, 3.8) is 0 Å². The summed E-state index contributed by atoms with van der Waals surface area (Å²) in [6.45, 7) is 3.13. The summed E-state index contributed by atoms with van der Waals surface area (Å²) in [6, 6.07) is 41.2. The summed E-state index contributed by atoms with van der Waals surface area (Å²) in [5.41, 5.74) is 4.26. The lowest BCUT2D eigenvalue weighted by Gasteiger charge is -2.23. The average Bonchev–Trinajstić information content (AvgIpc) is 3.01. The lowest BCUT2D eigenvalue weighted by molar-refractivity contribution is 0.0952. The zero-order valence-corrected chi connectivity index (χ0v) is 23.6. The van der Waals surface area contributed by atoms with Crippen LogP contribution in [0, 0.1) is 0 Å². The van der Waals surface area contributed by atoms with Gasteiger partial charge >= 0.3 is 0 Å². The monoisotopic (exact) mass is 546 g/mol. The first-order valence-electron chi connectivity index (χ1n) is 13.5. The number of rotatable bonds is 12. The number of methoxy groups -OCH3 is 1.